The molecule has 3 atom stereocenters. The number of fused-ring (bicyclic) bond motifs is 1. The van der Waals surface area contributed by atoms with Gasteiger partial charge in [-0.2, -0.15) is 0 Å². The Kier molecular flexibility index (Phi) is 9.03. The van der Waals surface area contributed by atoms with Crippen LogP contribution in [0.15, 0.2) is 91.0 Å². The molecule has 202 valence electrons. The molecule has 0 bridgehead atoms. The lowest BCUT2D eigenvalue weighted by Crippen LogP contribution is -2.37. The molecule has 3 nitrogen and oxygen atoms in total. The summed E-state index contributed by atoms with van der Waals surface area (Å²) in [5, 5.41) is 5.85. The smallest absolute Gasteiger partial charge is 0.251 e. The van der Waals surface area contributed by atoms with Crippen LogP contribution in [0.2, 0.25) is 0 Å². The summed E-state index contributed by atoms with van der Waals surface area (Å²) in [6.07, 6.45) is 3.27. The minimum absolute atomic E-state index is 0.00408. The van der Waals surface area contributed by atoms with Gasteiger partial charge in [-0.3, -0.25) is 9.69 Å². The van der Waals surface area contributed by atoms with Crippen LogP contribution in [0.1, 0.15) is 85.1 Å². The van der Waals surface area contributed by atoms with Crippen LogP contribution in [0.4, 0.5) is 0 Å². The first-order valence-electron chi connectivity index (χ1n) is 14.3. The van der Waals surface area contributed by atoms with E-state index in [2.05, 4.69) is 132 Å². The fourth-order valence-corrected chi connectivity index (χ4v) is 6.41. The van der Waals surface area contributed by atoms with Crippen molar-refractivity contribution in [2.45, 2.75) is 58.0 Å². The maximum atomic E-state index is 13.0. The van der Waals surface area contributed by atoms with Crippen molar-refractivity contribution >= 4 is 39.3 Å². The molecule has 1 N–H and O–H groups in total. The molecule has 1 saturated heterocycles. The van der Waals surface area contributed by atoms with E-state index in [1.54, 1.807) is 0 Å². The zero-order valence-electron chi connectivity index (χ0n) is 23.2. The molecule has 0 aliphatic carbocycles. The number of carbonyl (C=O) groups is 1. The first kappa shape index (κ1) is 27.9. The molecule has 1 amide bonds. The number of hydrogen-bond donors (Lipinski definition) is 1. The standard InChI is InChI=1S/C35H39IN2O/c1-4-34(29-15-17-33(36)18-16-29)37-35(39)30-12-9-26(10-13-30)24(2)27-19-21-38(22-20-27)25(3)31-14-11-28-7-5-6-8-32(28)23-31/h5-18,23-25,27,34H,4,19-22H2,1-3H3,(H,37,39)/t24?,25?,34-/m1/s1. The van der Waals surface area contributed by atoms with Crippen molar-refractivity contribution in [3.8, 4) is 0 Å². The second kappa shape index (κ2) is 12.6. The summed E-state index contributed by atoms with van der Waals surface area (Å²) < 4.78 is 1.20. The second-order valence-corrected chi connectivity index (χ2v) is 12.3. The Hall–Kier alpha value is -2.70. The van der Waals surface area contributed by atoms with Gasteiger partial charge in [0.1, 0.15) is 0 Å². The molecule has 1 heterocycles. The predicted octanol–water partition coefficient (Wildman–Crippen LogP) is 8.90. The minimum Gasteiger partial charge on any atom is -0.345 e. The Bertz CT molecular complexity index is 1390. The Labute approximate surface area is 247 Å². The van der Waals surface area contributed by atoms with E-state index < -0.39 is 0 Å². The summed E-state index contributed by atoms with van der Waals surface area (Å²) in [5.41, 5.74) is 4.62. The van der Waals surface area contributed by atoms with E-state index in [1.807, 2.05) is 12.1 Å². The Morgan fingerprint density at radius 1 is 0.846 bits per heavy atom. The summed E-state index contributed by atoms with van der Waals surface area (Å²) in [6.45, 7) is 9.06. The van der Waals surface area contributed by atoms with E-state index in [9.17, 15) is 4.79 Å². The number of rotatable bonds is 8. The minimum atomic E-state index is -0.00408. The van der Waals surface area contributed by atoms with Crippen LogP contribution in [0, 0.1) is 9.49 Å². The van der Waals surface area contributed by atoms with Crippen LogP contribution in [-0.4, -0.2) is 23.9 Å². The Balaban J connectivity index is 1.16. The summed E-state index contributed by atoms with van der Waals surface area (Å²) in [7, 11) is 0. The lowest BCUT2D eigenvalue weighted by atomic mass is 9.80. The van der Waals surface area contributed by atoms with E-state index in [1.165, 1.54) is 38.3 Å². The van der Waals surface area contributed by atoms with Crippen molar-refractivity contribution in [1.29, 1.82) is 0 Å². The van der Waals surface area contributed by atoms with Gasteiger partial charge in [-0.05, 0) is 131 Å². The average Bonchev–Trinajstić information content (AvgIpc) is 2.99. The zero-order valence-corrected chi connectivity index (χ0v) is 25.4. The van der Waals surface area contributed by atoms with Crippen LogP contribution in [0.5, 0.6) is 0 Å². The molecule has 39 heavy (non-hydrogen) atoms. The lowest BCUT2D eigenvalue weighted by molar-refractivity contribution is 0.0935. The monoisotopic (exact) mass is 630 g/mol. The second-order valence-electron chi connectivity index (χ2n) is 11.1. The number of piperidine rings is 1. The fraction of sp³-hybridized carbons (Fsp3) is 0.343. The highest BCUT2D eigenvalue weighted by molar-refractivity contribution is 14.1. The van der Waals surface area contributed by atoms with Gasteiger partial charge in [0, 0.05) is 15.2 Å². The van der Waals surface area contributed by atoms with E-state index in [-0.39, 0.29) is 11.9 Å². The van der Waals surface area contributed by atoms with Crippen molar-refractivity contribution in [3.63, 3.8) is 0 Å². The highest BCUT2D eigenvalue weighted by Crippen LogP contribution is 2.35. The molecule has 0 spiro atoms. The van der Waals surface area contributed by atoms with Crippen LogP contribution in [-0.2, 0) is 0 Å². The average molecular weight is 631 g/mol. The normalized spacial score (nSPS) is 17.0. The summed E-state index contributed by atoms with van der Waals surface area (Å²) in [4.78, 5) is 15.6. The highest BCUT2D eigenvalue weighted by Gasteiger charge is 2.27. The lowest BCUT2D eigenvalue weighted by Gasteiger charge is -2.38. The Morgan fingerprint density at radius 2 is 1.46 bits per heavy atom. The molecule has 2 unspecified atom stereocenters. The van der Waals surface area contributed by atoms with Crippen LogP contribution in [0.3, 0.4) is 0 Å². The topological polar surface area (TPSA) is 32.3 Å². The molecule has 4 aromatic carbocycles. The first-order valence-corrected chi connectivity index (χ1v) is 15.4. The number of hydrogen-bond acceptors (Lipinski definition) is 2. The molecule has 4 heteroatoms. The number of carbonyl (C=O) groups excluding carboxylic acids is 1. The number of benzene rings is 4. The van der Waals surface area contributed by atoms with E-state index in [0.29, 0.717) is 17.9 Å². The van der Waals surface area contributed by atoms with Crippen LogP contribution in [0.25, 0.3) is 10.8 Å². The third kappa shape index (κ3) is 6.55. The van der Waals surface area contributed by atoms with E-state index in [4.69, 9.17) is 0 Å². The molecule has 1 aliphatic heterocycles. The number of amides is 1. The Morgan fingerprint density at radius 3 is 2.13 bits per heavy atom. The van der Waals surface area contributed by atoms with Crippen LogP contribution < -0.4 is 5.32 Å². The summed E-state index contributed by atoms with van der Waals surface area (Å²) in [6, 6.07) is 32.7. The molecule has 0 radical (unpaired) electrons. The molecule has 5 rings (SSSR count). The van der Waals surface area contributed by atoms with Gasteiger partial charge < -0.3 is 5.32 Å². The molecule has 4 aromatic rings. The molecular formula is C35H39IN2O. The van der Waals surface area contributed by atoms with Gasteiger partial charge in [-0.1, -0.05) is 74.5 Å². The van der Waals surface area contributed by atoms with Crippen molar-refractivity contribution < 1.29 is 4.79 Å². The fourth-order valence-electron chi connectivity index (χ4n) is 6.05. The third-order valence-corrected chi connectivity index (χ3v) is 9.49. The van der Waals surface area contributed by atoms with Crippen LogP contribution >= 0.6 is 22.6 Å². The molecule has 0 aromatic heterocycles. The van der Waals surface area contributed by atoms with E-state index in [0.717, 1.165) is 30.6 Å². The van der Waals surface area contributed by atoms with Gasteiger partial charge in [0.05, 0.1) is 6.04 Å². The van der Waals surface area contributed by atoms with Crippen molar-refractivity contribution in [3.05, 3.63) is 117 Å². The number of likely N-dealkylation sites (tertiary alicyclic amines) is 1. The quantitative estimate of drug-likeness (QED) is 0.197. The van der Waals surface area contributed by atoms with Gasteiger partial charge in [0.2, 0.25) is 0 Å². The zero-order chi connectivity index (χ0) is 27.4. The van der Waals surface area contributed by atoms with Crippen molar-refractivity contribution in [2.75, 3.05) is 13.1 Å². The van der Waals surface area contributed by atoms with Crippen molar-refractivity contribution in [2.24, 2.45) is 5.92 Å². The summed E-state index contributed by atoms with van der Waals surface area (Å²) in [5.74, 6) is 1.14. The van der Waals surface area contributed by atoms with E-state index >= 15 is 0 Å². The van der Waals surface area contributed by atoms with Gasteiger partial charge >= 0.3 is 0 Å². The maximum Gasteiger partial charge on any atom is 0.251 e. The third-order valence-electron chi connectivity index (χ3n) is 8.77. The van der Waals surface area contributed by atoms with Gasteiger partial charge in [0.25, 0.3) is 5.91 Å². The van der Waals surface area contributed by atoms with Gasteiger partial charge in [-0.15, -0.1) is 0 Å². The van der Waals surface area contributed by atoms with Crippen molar-refractivity contribution in [1.82, 2.24) is 10.2 Å². The SMILES string of the molecule is CC[C@@H](NC(=O)c1ccc(C(C)C2CCN(C(C)c3ccc4ccccc4c3)CC2)cc1)c1ccc(I)cc1. The molecule has 1 fully saturated rings. The molecule has 1 aliphatic rings. The highest BCUT2D eigenvalue weighted by atomic mass is 127. The van der Waals surface area contributed by atoms with Gasteiger partial charge in [-0.25, -0.2) is 0 Å². The first-order chi connectivity index (χ1) is 18.9. The summed E-state index contributed by atoms with van der Waals surface area (Å²) >= 11 is 2.31. The maximum absolute atomic E-state index is 13.0. The predicted molar refractivity (Wildman–Crippen MR) is 171 cm³/mol. The number of halogens is 1. The largest absolute Gasteiger partial charge is 0.345 e. The molecular weight excluding hydrogens is 591 g/mol. The van der Waals surface area contributed by atoms with Gasteiger partial charge in [0.15, 0.2) is 0 Å². The molecule has 0 saturated carbocycles. The number of nitrogens with one attached hydrogen (secondary N) is 1. The number of nitrogens with zero attached hydrogens (tertiary/aromatic N) is 1.